The number of allylic oxidation sites excluding steroid dienone is 1. The largest absolute Gasteiger partial charge is 0.504 e. The molecule has 2 fully saturated rings. The van der Waals surface area contributed by atoms with Crippen LogP contribution in [-0.2, 0) is 28.5 Å². The highest BCUT2D eigenvalue weighted by atomic mass is 16.7. The van der Waals surface area contributed by atoms with Crippen LogP contribution in [0.25, 0.3) is 6.08 Å². The number of esters is 2. The zero-order chi connectivity index (χ0) is 27.1. The summed E-state index contributed by atoms with van der Waals surface area (Å²) in [7, 11) is 1.42. The molecule has 11 nitrogen and oxygen atoms in total. The lowest BCUT2D eigenvalue weighted by Crippen LogP contribution is -2.59. The highest BCUT2D eigenvalue weighted by molar-refractivity contribution is 5.91. The van der Waals surface area contributed by atoms with Crippen molar-refractivity contribution in [2.75, 3.05) is 20.3 Å². The first-order chi connectivity index (χ1) is 17.6. The van der Waals surface area contributed by atoms with Gasteiger partial charge in [0.1, 0.15) is 37.1 Å². The minimum absolute atomic E-state index is 0.0940. The summed E-state index contributed by atoms with van der Waals surface area (Å²) in [5.74, 6) is -1.04. The number of aromatic hydroxyl groups is 1. The van der Waals surface area contributed by atoms with E-state index in [0.29, 0.717) is 17.6 Å². The number of phenols is 1. The number of rotatable bonds is 9. The third kappa shape index (κ3) is 7.63. The van der Waals surface area contributed by atoms with E-state index in [9.17, 15) is 30.0 Å². The molecule has 0 aliphatic carbocycles. The Morgan fingerprint density at radius 2 is 1.92 bits per heavy atom. The second-order valence-corrected chi connectivity index (χ2v) is 8.86. The molecule has 11 heteroatoms. The molecule has 0 amide bonds. The van der Waals surface area contributed by atoms with Crippen LogP contribution in [0.3, 0.4) is 0 Å². The van der Waals surface area contributed by atoms with Gasteiger partial charge < -0.3 is 44.1 Å². The molecule has 0 bridgehead atoms. The molecule has 0 radical (unpaired) electrons. The quantitative estimate of drug-likeness (QED) is 0.209. The van der Waals surface area contributed by atoms with Gasteiger partial charge in [0.15, 0.2) is 17.8 Å². The third-order valence-electron chi connectivity index (χ3n) is 5.72. The van der Waals surface area contributed by atoms with Crippen molar-refractivity contribution in [3.63, 3.8) is 0 Å². The van der Waals surface area contributed by atoms with E-state index in [0.717, 1.165) is 11.6 Å². The van der Waals surface area contributed by atoms with E-state index < -0.39 is 49.3 Å². The summed E-state index contributed by atoms with van der Waals surface area (Å²) in [6, 6.07) is 4.56. The van der Waals surface area contributed by atoms with E-state index in [-0.39, 0.29) is 24.2 Å². The van der Waals surface area contributed by atoms with Crippen LogP contribution >= 0.6 is 0 Å². The molecule has 0 spiro atoms. The minimum Gasteiger partial charge on any atom is -0.504 e. The molecule has 4 N–H and O–H groups in total. The number of aliphatic hydroxyl groups excluding tert-OH is 3. The second-order valence-electron chi connectivity index (χ2n) is 8.86. The number of hydrogen-bond acceptors (Lipinski definition) is 11. The lowest BCUT2D eigenvalue weighted by molar-refractivity contribution is -0.299. The summed E-state index contributed by atoms with van der Waals surface area (Å²) < 4.78 is 26.3. The Morgan fingerprint density at radius 1 is 1.16 bits per heavy atom. The number of carbonyl (C=O) groups excluding carboxylic acids is 2. The smallest absolute Gasteiger partial charge is 0.334 e. The normalized spacial score (nSPS) is 28.8. The van der Waals surface area contributed by atoms with Crippen molar-refractivity contribution >= 4 is 18.0 Å². The maximum Gasteiger partial charge on any atom is 0.334 e. The Labute approximate surface area is 214 Å². The summed E-state index contributed by atoms with van der Waals surface area (Å²) in [5.41, 5.74) is 1.95. The van der Waals surface area contributed by atoms with Gasteiger partial charge in [-0.2, -0.15) is 0 Å². The fraction of sp³-hybridized carbons (Fsp3) is 0.462. The molecule has 1 aromatic rings. The highest BCUT2D eigenvalue weighted by Gasteiger charge is 2.44. The van der Waals surface area contributed by atoms with E-state index in [2.05, 4.69) is 0 Å². The summed E-state index contributed by atoms with van der Waals surface area (Å²) in [6.45, 7) is 3.24. The van der Waals surface area contributed by atoms with E-state index in [1.807, 2.05) is 19.9 Å². The third-order valence-corrected chi connectivity index (χ3v) is 5.72. The number of benzene rings is 1. The fourth-order valence-corrected chi connectivity index (χ4v) is 3.81. The average Bonchev–Trinajstić information content (AvgIpc) is 3.19. The maximum absolute atomic E-state index is 12.1. The molecule has 3 rings (SSSR count). The van der Waals surface area contributed by atoms with Crippen LogP contribution in [0.1, 0.15) is 25.8 Å². The van der Waals surface area contributed by atoms with Gasteiger partial charge in [-0.15, -0.1) is 0 Å². The lowest BCUT2D eigenvalue weighted by Gasteiger charge is -2.39. The van der Waals surface area contributed by atoms with E-state index in [1.54, 1.807) is 6.07 Å². The van der Waals surface area contributed by atoms with Gasteiger partial charge in [-0.3, -0.25) is 0 Å². The molecule has 0 saturated carbocycles. The van der Waals surface area contributed by atoms with Crippen LogP contribution < -0.4 is 4.74 Å². The first-order valence-electron chi connectivity index (χ1n) is 11.7. The van der Waals surface area contributed by atoms with E-state index >= 15 is 0 Å². The first-order valence-corrected chi connectivity index (χ1v) is 11.7. The number of ether oxygens (including phenoxy) is 5. The van der Waals surface area contributed by atoms with Gasteiger partial charge in [0.25, 0.3) is 0 Å². The second kappa shape index (κ2) is 12.8. The zero-order valence-electron chi connectivity index (χ0n) is 20.8. The van der Waals surface area contributed by atoms with Gasteiger partial charge in [0, 0.05) is 18.1 Å². The van der Waals surface area contributed by atoms with Gasteiger partial charge in [0.2, 0.25) is 0 Å². The predicted octanol–water partition coefficient (Wildman–Crippen LogP) is 0.989. The fourth-order valence-electron chi connectivity index (χ4n) is 3.81. The molecular weight excluding hydrogens is 488 g/mol. The minimum atomic E-state index is -1.62. The Hall–Kier alpha value is -3.22. The van der Waals surface area contributed by atoms with Crippen LogP contribution in [0, 0.1) is 0 Å². The topological polar surface area (TPSA) is 161 Å². The number of carbonyl (C=O) groups is 2. The van der Waals surface area contributed by atoms with Gasteiger partial charge >= 0.3 is 11.9 Å². The zero-order valence-corrected chi connectivity index (χ0v) is 20.8. The van der Waals surface area contributed by atoms with Gasteiger partial charge in [-0.25, -0.2) is 9.59 Å². The summed E-state index contributed by atoms with van der Waals surface area (Å²) >= 11 is 0. The standard InChI is InChI=1S/C26H32O11/c1-14(2)10-17-12-16(25(32)36-17)8-9-34-26-24(31)23(30)22(29)20(37-26)13-35-21(28)7-5-15-4-6-19(33-3)18(27)11-15/h4-8,10-11,17,20,22-24,26-27,29-31H,9,12-13H2,1-3H3/b7-5+,16-8-/t17-,20-,22-,23+,24-,26-/m1/s1. The number of cyclic esters (lactones) is 1. The predicted molar refractivity (Wildman–Crippen MR) is 129 cm³/mol. The molecule has 6 atom stereocenters. The van der Waals surface area contributed by atoms with Crippen molar-refractivity contribution in [1.29, 1.82) is 0 Å². The SMILES string of the molecule is COc1ccc(/C=C/C(=O)OC[C@H]2O[C@@H](OC/C=C3/C[C@@H](C=C(C)C)OC3=O)[C@H](O)[C@@H](O)[C@@H]2O)cc1O. The van der Waals surface area contributed by atoms with Crippen molar-refractivity contribution in [3.8, 4) is 11.5 Å². The number of hydrogen-bond donors (Lipinski definition) is 4. The Bertz CT molecular complexity index is 1060. The summed E-state index contributed by atoms with van der Waals surface area (Å²) in [4.78, 5) is 24.1. The van der Waals surface area contributed by atoms with Crippen molar-refractivity contribution in [1.82, 2.24) is 0 Å². The van der Waals surface area contributed by atoms with Crippen LogP contribution in [0.4, 0.5) is 0 Å². The monoisotopic (exact) mass is 520 g/mol. The Balaban J connectivity index is 1.53. The number of phenolic OH excluding ortho intramolecular Hbond substituents is 1. The van der Waals surface area contributed by atoms with Crippen molar-refractivity contribution in [2.24, 2.45) is 0 Å². The number of aliphatic hydroxyl groups is 3. The molecule has 2 heterocycles. The molecule has 2 aliphatic heterocycles. The van der Waals surface area contributed by atoms with Gasteiger partial charge in [-0.05, 0) is 49.8 Å². The van der Waals surface area contributed by atoms with E-state index in [1.165, 1.54) is 31.4 Å². The van der Waals surface area contributed by atoms with Crippen LogP contribution in [0.2, 0.25) is 0 Å². The number of methoxy groups -OCH3 is 1. The Morgan fingerprint density at radius 3 is 2.59 bits per heavy atom. The Kier molecular flexibility index (Phi) is 9.84. The lowest BCUT2D eigenvalue weighted by atomic mass is 9.99. The molecule has 1 aromatic carbocycles. The average molecular weight is 521 g/mol. The summed E-state index contributed by atoms with van der Waals surface area (Å²) in [6.07, 6.45) is -1.36. The van der Waals surface area contributed by atoms with Crippen LogP contribution in [0.5, 0.6) is 11.5 Å². The highest BCUT2D eigenvalue weighted by Crippen LogP contribution is 2.27. The molecule has 202 valence electrons. The molecule has 37 heavy (non-hydrogen) atoms. The van der Waals surface area contributed by atoms with E-state index in [4.69, 9.17) is 23.7 Å². The molecule has 0 unspecified atom stereocenters. The molecule has 0 aromatic heterocycles. The maximum atomic E-state index is 12.1. The molecule has 2 aliphatic rings. The molecular formula is C26H32O11. The first kappa shape index (κ1) is 28.4. The van der Waals surface area contributed by atoms with Gasteiger partial charge in [0.05, 0.1) is 13.7 Å². The van der Waals surface area contributed by atoms with Crippen LogP contribution in [-0.4, -0.2) is 89.5 Å². The van der Waals surface area contributed by atoms with Crippen molar-refractivity contribution < 1.29 is 53.7 Å². The van der Waals surface area contributed by atoms with Crippen molar-refractivity contribution in [3.05, 3.63) is 53.1 Å². The molecule has 2 saturated heterocycles. The summed E-state index contributed by atoms with van der Waals surface area (Å²) in [5, 5.41) is 40.5. The van der Waals surface area contributed by atoms with Gasteiger partial charge in [-0.1, -0.05) is 11.6 Å². The van der Waals surface area contributed by atoms with Crippen LogP contribution in [0.15, 0.2) is 47.6 Å². The van der Waals surface area contributed by atoms with Crippen molar-refractivity contribution in [2.45, 2.75) is 57.1 Å².